The molecule has 0 bridgehead atoms. The van der Waals surface area contributed by atoms with Crippen LogP contribution in [0, 0.1) is 0 Å². The van der Waals surface area contributed by atoms with Crippen molar-refractivity contribution in [2.75, 3.05) is 26.0 Å². The Morgan fingerprint density at radius 3 is 2.76 bits per heavy atom. The van der Waals surface area contributed by atoms with Crippen LogP contribution in [-0.4, -0.2) is 31.2 Å². The van der Waals surface area contributed by atoms with Crippen molar-refractivity contribution in [1.82, 2.24) is 4.90 Å². The number of nitrogens with two attached hydrogens (primary N) is 1. The molecule has 1 atom stereocenters. The zero-order valence-corrected chi connectivity index (χ0v) is 11.1. The van der Waals surface area contributed by atoms with Crippen LogP contribution >= 0.6 is 0 Å². The Hall–Kier alpha value is -1.06. The van der Waals surface area contributed by atoms with Crippen LogP contribution in [0.3, 0.4) is 0 Å². The van der Waals surface area contributed by atoms with Crippen LogP contribution in [0.5, 0.6) is 0 Å². The molecule has 2 N–H and O–H groups in total. The Balaban J connectivity index is 2.64. The van der Waals surface area contributed by atoms with Gasteiger partial charge >= 0.3 is 0 Å². The summed E-state index contributed by atoms with van der Waals surface area (Å²) in [5, 5.41) is 0. The molecular formula is C14H24N2O. The second kappa shape index (κ2) is 7.30. The second-order valence-corrected chi connectivity index (χ2v) is 4.47. The number of rotatable bonds is 7. The maximum atomic E-state index is 5.80. The van der Waals surface area contributed by atoms with E-state index in [1.807, 2.05) is 18.2 Å². The lowest BCUT2D eigenvalue weighted by molar-refractivity contribution is 0.118. The monoisotopic (exact) mass is 236 g/mol. The number of hydrogen-bond donors (Lipinski definition) is 1. The van der Waals surface area contributed by atoms with Crippen LogP contribution in [-0.2, 0) is 11.3 Å². The average molecular weight is 236 g/mol. The smallest absolute Gasteiger partial charge is 0.0589 e. The van der Waals surface area contributed by atoms with E-state index in [0.29, 0.717) is 6.04 Å². The van der Waals surface area contributed by atoms with E-state index < -0.39 is 0 Å². The number of hydrogen-bond acceptors (Lipinski definition) is 3. The highest BCUT2D eigenvalue weighted by atomic mass is 16.5. The number of methoxy groups -OCH3 is 1. The molecule has 0 aromatic heterocycles. The van der Waals surface area contributed by atoms with Crippen molar-refractivity contribution in [1.29, 1.82) is 0 Å². The standard InChI is InChI=1S/C14H24N2O/c1-4-12(2)16(8-9-17-3)11-13-6-5-7-14(15)10-13/h5-7,10,12H,4,8-9,11,15H2,1-3H3. The Labute approximate surface area is 105 Å². The minimum Gasteiger partial charge on any atom is -0.399 e. The molecule has 3 nitrogen and oxygen atoms in total. The highest BCUT2D eigenvalue weighted by Gasteiger charge is 2.12. The van der Waals surface area contributed by atoms with E-state index >= 15 is 0 Å². The summed E-state index contributed by atoms with van der Waals surface area (Å²) in [6, 6.07) is 8.66. The molecule has 0 aliphatic rings. The summed E-state index contributed by atoms with van der Waals surface area (Å²) in [4.78, 5) is 2.43. The molecule has 1 unspecified atom stereocenters. The summed E-state index contributed by atoms with van der Waals surface area (Å²) >= 11 is 0. The Morgan fingerprint density at radius 1 is 1.41 bits per heavy atom. The fourth-order valence-corrected chi connectivity index (χ4v) is 1.85. The molecule has 1 aromatic carbocycles. The molecule has 0 saturated heterocycles. The van der Waals surface area contributed by atoms with Crippen molar-refractivity contribution in [3.05, 3.63) is 29.8 Å². The number of benzene rings is 1. The van der Waals surface area contributed by atoms with E-state index in [1.165, 1.54) is 5.56 Å². The van der Waals surface area contributed by atoms with E-state index in [4.69, 9.17) is 10.5 Å². The molecular weight excluding hydrogens is 212 g/mol. The predicted molar refractivity (Wildman–Crippen MR) is 72.9 cm³/mol. The van der Waals surface area contributed by atoms with Gasteiger partial charge in [0.2, 0.25) is 0 Å². The first-order valence-electron chi connectivity index (χ1n) is 6.24. The van der Waals surface area contributed by atoms with E-state index in [2.05, 4.69) is 24.8 Å². The Bertz CT molecular complexity index is 328. The SMILES string of the molecule is CCC(C)N(CCOC)Cc1cccc(N)c1. The third kappa shape index (κ3) is 4.75. The number of ether oxygens (including phenoxy) is 1. The van der Waals surface area contributed by atoms with Crippen molar-refractivity contribution in [3.63, 3.8) is 0 Å². The van der Waals surface area contributed by atoms with Gasteiger partial charge in [-0.3, -0.25) is 4.90 Å². The van der Waals surface area contributed by atoms with E-state index in [9.17, 15) is 0 Å². The maximum absolute atomic E-state index is 5.80. The van der Waals surface area contributed by atoms with Gasteiger partial charge in [0.25, 0.3) is 0 Å². The van der Waals surface area contributed by atoms with Crippen LogP contribution in [0.15, 0.2) is 24.3 Å². The number of nitrogens with zero attached hydrogens (tertiary/aromatic N) is 1. The Kier molecular flexibility index (Phi) is 6.01. The van der Waals surface area contributed by atoms with Gasteiger partial charge in [0.15, 0.2) is 0 Å². The highest BCUT2D eigenvalue weighted by Crippen LogP contribution is 2.13. The molecule has 1 rings (SSSR count). The lowest BCUT2D eigenvalue weighted by Crippen LogP contribution is -2.34. The lowest BCUT2D eigenvalue weighted by atomic mass is 10.1. The van der Waals surface area contributed by atoms with Crippen LogP contribution in [0.4, 0.5) is 5.69 Å². The normalized spacial score (nSPS) is 12.9. The van der Waals surface area contributed by atoms with Gasteiger partial charge in [-0.05, 0) is 31.0 Å². The fourth-order valence-electron chi connectivity index (χ4n) is 1.85. The Morgan fingerprint density at radius 2 is 2.18 bits per heavy atom. The van der Waals surface area contributed by atoms with Gasteiger partial charge in [-0.2, -0.15) is 0 Å². The van der Waals surface area contributed by atoms with Crippen LogP contribution < -0.4 is 5.73 Å². The zero-order chi connectivity index (χ0) is 12.7. The van der Waals surface area contributed by atoms with Crippen molar-refractivity contribution in [2.24, 2.45) is 0 Å². The van der Waals surface area contributed by atoms with Crippen LogP contribution in [0.25, 0.3) is 0 Å². The molecule has 0 fully saturated rings. The molecule has 0 heterocycles. The first-order valence-corrected chi connectivity index (χ1v) is 6.24. The summed E-state index contributed by atoms with van der Waals surface area (Å²) < 4.78 is 5.16. The molecule has 0 spiro atoms. The summed E-state index contributed by atoms with van der Waals surface area (Å²) in [7, 11) is 1.75. The van der Waals surface area contributed by atoms with Gasteiger partial charge in [-0.25, -0.2) is 0 Å². The van der Waals surface area contributed by atoms with Crippen molar-refractivity contribution in [2.45, 2.75) is 32.9 Å². The minimum atomic E-state index is 0.562. The van der Waals surface area contributed by atoms with Crippen molar-refractivity contribution in [3.8, 4) is 0 Å². The molecule has 0 radical (unpaired) electrons. The molecule has 0 aliphatic heterocycles. The molecule has 0 amide bonds. The average Bonchev–Trinajstić information content (AvgIpc) is 2.33. The van der Waals surface area contributed by atoms with E-state index in [1.54, 1.807) is 7.11 Å². The minimum absolute atomic E-state index is 0.562. The van der Waals surface area contributed by atoms with Gasteiger partial charge < -0.3 is 10.5 Å². The zero-order valence-electron chi connectivity index (χ0n) is 11.1. The fraction of sp³-hybridized carbons (Fsp3) is 0.571. The molecule has 3 heteroatoms. The first kappa shape index (κ1) is 14.0. The topological polar surface area (TPSA) is 38.5 Å². The summed E-state index contributed by atoms with van der Waals surface area (Å²) in [5.41, 5.74) is 7.90. The third-order valence-corrected chi connectivity index (χ3v) is 3.13. The molecule has 1 aromatic rings. The lowest BCUT2D eigenvalue weighted by Gasteiger charge is -2.28. The molecule has 96 valence electrons. The van der Waals surface area contributed by atoms with Crippen molar-refractivity contribution < 1.29 is 4.74 Å². The quantitative estimate of drug-likeness (QED) is 0.739. The summed E-state index contributed by atoms with van der Waals surface area (Å²) in [6.45, 7) is 7.13. The van der Waals surface area contributed by atoms with Gasteiger partial charge in [0, 0.05) is 31.9 Å². The predicted octanol–water partition coefficient (Wildman–Crippen LogP) is 2.52. The second-order valence-electron chi connectivity index (χ2n) is 4.47. The number of anilines is 1. The van der Waals surface area contributed by atoms with Crippen LogP contribution in [0.1, 0.15) is 25.8 Å². The van der Waals surface area contributed by atoms with Gasteiger partial charge in [0.1, 0.15) is 0 Å². The highest BCUT2D eigenvalue weighted by molar-refractivity contribution is 5.40. The molecule has 17 heavy (non-hydrogen) atoms. The van der Waals surface area contributed by atoms with E-state index in [-0.39, 0.29) is 0 Å². The first-order chi connectivity index (χ1) is 8.17. The molecule has 0 saturated carbocycles. The van der Waals surface area contributed by atoms with E-state index in [0.717, 1.165) is 31.8 Å². The summed E-state index contributed by atoms with van der Waals surface area (Å²) in [5.74, 6) is 0. The van der Waals surface area contributed by atoms with Gasteiger partial charge in [-0.1, -0.05) is 19.1 Å². The largest absolute Gasteiger partial charge is 0.399 e. The van der Waals surface area contributed by atoms with Gasteiger partial charge in [0.05, 0.1) is 6.61 Å². The van der Waals surface area contributed by atoms with Crippen LogP contribution in [0.2, 0.25) is 0 Å². The van der Waals surface area contributed by atoms with Gasteiger partial charge in [-0.15, -0.1) is 0 Å². The molecule has 0 aliphatic carbocycles. The summed E-state index contributed by atoms with van der Waals surface area (Å²) in [6.07, 6.45) is 1.14. The maximum Gasteiger partial charge on any atom is 0.0589 e. The number of nitrogen functional groups attached to an aromatic ring is 1. The third-order valence-electron chi connectivity index (χ3n) is 3.13. The van der Waals surface area contributed by atoms with Crippen molar-refractivity contribution >= 4 is 5.69 Å².